The van der Waals surface area contributed by atoms with Crippen LogP contribution in [0.4, 0.5) is 0 Å². The van der Waals surface area contributed by atoms with Gasteiger partial charge in [0.25, 0.3) is 5.91 Å². The van der Waals surface area contributed by atoms with Crippen LogP contribution in [0.2, 0.25) is 0 Å². The number of fused-ring (bicyclic) bond motifs is 1. The molecule has 1 amide bonds. The SMILES string of the molecule is CCC1=C(C)CC(Cc2nc(C)c3cc(C)c(C)cc3n2)=NC1=O. The Morgan fingerprint density at radius 2 is 1.75 bits per heavy atom. The molecule has 2 aromatic rings. The summed E-state index contributed by atoms with van der Waals surface area (Å²) < 4.78 is 0. The van der Waals surface area contributed by atoms with E-state index < -0.39 is 0 Å². The molecule has 2 heterocycles. The van der Waals surface area contributed by atoms with Crippen LogP contribution in [0, 0.1) is 20.8 Å². The standard InChI is InChI=1S/C20H23N3O/c1-6-16-13(4)7-15(22-20(16)24)10-19-21-14(5)17-8-11(2)12(3)9-18(17)23-19/h8-9H,6-7,10H2,1-5H3. The average molecular weight is 321 g/mol. The summed E-state index contributed by atoms with van der Waals surface area (Å²) in [5.74, 6) is 0.641. The van der Waals surface area contributed by atoms with Crippen LogP contribution < -0.4 is 0 Å². The van der Waals surface area contributed by atoms with Crippen LogP contribution in [-0.4, -0.2) is 21.6 Å². The lowest BCUT2D eigenvalue weighted by Crippen LogP contribution is -2.17. The molecule has 0 bridgehead atoms. The predicted molar refractivity (Wildman–Crippen MR) is 97.5 cm³/mol. The van der Waals surface area contributed by atoms with Crippen LogP contribution >= 0.6 is 0 Å². The average Bonchev–Trinajstić information content (AvgIpc) is 2.49. The summed E-state index contributed by atoms with van der Waals surface area (Å²) in [4.78, 5) is 25.7. The molecule has 0 radical (unpaired) electrons. The molecule has 4 nitrogen and oxygen atoms in total. The van der Waals surface area contributed by atoms with Gasteiger partial charge < -0.3 is 0 Å². The van der Waals surface area contributed by atoms with Crippen molar-refractivity contribution in [2.75, 3.05) is 0 Å². The van der Waals surface area contributed by atoms with E-state index in [1.807, 2.05) is 20.8 Å². The number of benzene rings is 1. The Bertz CT molecular complexity index is 907. The summed E-state index contributed by atoms with van der Waals surface area (Å²) in [6.45, 7) is 10.2. The van der Waals surface area contributed by atoms with Gasteiger partial charge in [-0.25, -0.2) is 15.0 Å². The van der Waals surface area contributed by atoms with E-state index in [1.54, 1.807) is 0 Å². The molecule has 0 saturated carbocycles. The van der Waals surface area contributed by atoms with Crippen molar-refractivity contribution in [2.45, 2.75) is 53.9 Å². The maximum atomic E-state index is 12.1. The highest BCUT2D eigenvalue weighted by atomic mass is 16.1. The lowest BCUT2D eigenvalue weighted by molar-refractivity contribution is -0.114. The first kappa shape index (κ1) is 16.5. The van der Waals surface area contributed by atoms with Gasteiger partial charge in [0.2, 0.25) is 0 Å². The van der Waals surface area contributed by atoms with Gasteiger partial charge in [-0.05, 0) is 57.4 Å². The molecule has 124 valence electrons. The summed E-state index contributed by atoms with van der Waals surface area (Å²) in [5, 5.41) is 1.09. The maximum Gasteiger partial charge on any atom is 0.272 e. The maximum absolute atomic E-state index is 12.1. The summed E-state index contributed by atoms with van der Waals surface area (Å²) in [6.07, 6.45) is 2.01. The van der Waals surface area contributed by atoms with E-state index in [0.717, 1.165) is 52.1 Å². The molecule has 0 atom stereocenters. The van der Waals surface area contributed by atoms with Crippen molar-refractivity contribution < 1.29 is 4.79 Å². The van der Waals surface area contributed by atoms with Crippen LogP contribution in [0.15, 0.2) is 28.3 Å². The first-order chi connectivity index (χ1) is 11.4. The van der Waals surface area contributed by atoms with Crippen molar-refractivity contribution in [3.8, 4) is 0 Å². The molecule has 1 aromatic carbocycles. The molecule has 0 saturated heterocycles. The van der Waals surface area contributed by atoms with Crippen molar-refractivity contribution in [1.29, 1.82) is 0 Å². The number of dihydropyridines is 1. The summed E-state index contributed by atoms with van der Waals surface area (Å²) >= 11 is 0. The Morgan fingerprint density at radius 1 is 1.04 bits per heavy atom. The Morgan fingerprint density at radius 3 is 2.42 bits per heavy atom. The molecule has 0 fully saturated rings. The summed E-state index contributed by atoms with van der Waals surface area (Å²) in [5.41, 5.74) is 7.24. The summed E-state index contributed by atoms with van der Waals surface area (Å²) in [7, 11) is 0. The molecular formula is C20H23N3O. The first-order valence-electron chi connectivity index (χ1n) is 8.43. The summed E-state index contributed by atoms with van der Waals surface area (Å²) in [6, 6.07) is 4.25. The monoisotopic (exact) mass is 321 g/mol. The van der Waals surface area contributed by atoms with Crippen molar-refractivity contribution in [2.24, 2.45) is 4.99 Å². The number of rotatable bonds is 3. The number of aliphatic imine (C=N–C) groups is 1. The zero-order valence-corrected chi connectivity index (χ0v) is 15.0. The van der Waals surface area contributed by atoms with Crippen LogP contribution in [-0.2, 0) is 11.2 Å². The normalized spacial score (nSPS) is 15.2. The number of amides is 1. The first-order valence-corrected chi connectivity index (χ1v) is 8.43. The molecule has 4 heteroatoms. The van der Waals surface area contributed by atoms with E-state index in [0.29, 0.717) is 6.42 Å². The van der Waals surface area contributed by atoms with E-state index in [4.69, 9.17) is 4.98 Å². The molecular weight excluding hydrogens is 298 g/mol. The van der Waals surface area contributed by atoms with Crippen LogP contribution in [0.1, 0.15) is 49.3 Å². The third-order valence-electron chi connectivity index (χ3n) is 4.77. The zero-order valence-electron chi connectivity index (χ0n) is 15.0. The zero-order chi connectivity index (χ0) is 17.4. The third-order valence-corrected chi connectivity index (χ3v) is 4.77. The number of carbonyl (C=O) groups excluding carboxylic acids is 1. The van der Waals surface area contributed by atoms with Crippen LogP contribution in [0.25, 0.3) is 10.9 Å². The van der Waals surface area contributed by atoms with E-state index >= 15 is 0 Å². The highest BCUT2D eigenvalue weighted by Crippen LogP contribution is 2.23. The Labute approximate surface area is 142 Å². The molecule has 24 heavy (non-hydrogen) atoms. The van der Waals surface area contributed by atoms with Gasteiger partial charge in [0.1, 0.15) is 5.82 Å². The van der Waals surface area contributed by atoms with E-state index in [2.05, 4.69) is 36.0 Å². The largest absolute Gasteiger partial charge is 0.272 e. The number of nitrogens with zero attached hydrogens (tertiary/aromatic N) is 3. The lowest BCUT2D eigenvalue weighted by atomic mass is 9.96. The number of allylic oxidation sites excluding steroid dienone is 1. The molecule has 0 unspecified atom stereocenters. The molecule has 1 aliphatic heterocycles. The van der Waals surface area contributed by atoms with Gasteiger partial charge in [-0.2, -0.15) is 0 Å². The highest BCUT2D eigenvalue weighted by Gasteiger charge is 2.19. The fraction of sp³-hybridized carbons (Fsp3) is 0.400. The minimum absolute atomic E-state index is 0.0970. The second-order valence-electron chi connectivity index (χ2n) is 6.63. The van der Waals surface area contributed by atoms with Gasteiger partial charge in [-0.3, -0.25) is 4.79 Å². The van der Waals surface area contributed by atoms with Gasteiger partial charge in [0, 0.05) is 35.2 Å². The highest BCUT2D eigenvalue weighted by molar-refractivity contribution is 6.08. The van der Waals surface area contributed by atoms with Gasteiger partial charge >= 0.3 is 0 Å². The van der Waals surface area contributed by atoms with E-state index in [9.17, 15) is 4.79 Å². The quantitative estimate of drug-likeness (QED) is 0.851. The Hall–Kier alpha value is -2.36. The third kappa shape index (κ3) is 3.01. The molecule has 1 aromatic heterocycles. The van der Waals surface area contributed by atoms with Crippen molar-refractivity contribution in [1.82, 2.24) is 9.97 Å². The second-order valence-corrected chi connectivity index (χ2v) is 6.63. The fourth-order valence-corrected chi connectivity index (χ4v) is 3.26. The number of carbonyl (C=O) groups is 1. The van der Waals surface area contributed by atoms with Gasteiger partial charge in [0.15, 0.2) is 0 Å². The van der Waals surface area contributed by atoms with Crippen molar-refractivity contribution in [3.63, 3.8) is 0 Å². The molecule has 3 rings (SSSR count). The fourth-order valence-electron chi connectivity index (χ4n) is 3.26. The Balaban J connectivity index is 1.94. The number of hydrogen-bond acceptors (Lipinski definition) is 3. The molecule has 0 aliphatic carbocycles. The van der Waals surface area contributed by atoms with E-state index in [-0.39, 0.29) is 5.91 Å². The lowest BCUT2D eigenvalue weighted by Gasteiger charge is -2.16. The van der Waals surface area contributed by atoms with Crippen LogP contribution in [0.3, 0.4) is 0 Å². The van der Waals surface area contributed by atoms with E-state index in [1.165, 1.54) is 11.1 Å². The predicted octanol–water partition coefficient (Wildman–Crippen LogP) is 4.20. The smallest absolute Gasteiger partial charge is 0.267 e. The van der Waals surface area contributed by atoms with Crippen molar-refractivity contribution >= 4 is 22.5 Å². The molecule has 1 aliphatic rings. The van der Waals surface area contributed by atoms with Crippen LogP contribution in [0.5, 0.6) is 0 Å². The number of hydrogen-bond donors (Lipinski definition) is 0. The number of aryl methyl sites for hydroxylation is 3. The van der Waals surface area contributed by atoms with Gasteiger partial charge in [-0.1, -0.05) is 12.5 Å². The minimum Gasteiger partial charge on any atom is -0.267 e. The topological polar surface area (TPSA) is 55.2 Å². The van der Waals surface area contributed by atoms with Gasteiger partial charge in [-0.15, -0.1) is 0 Å². The van der Waals surface area contributed by atoms with Crippen molar-refractivity contribution in [3.05, 3.63) is 45.9 Å². The molecule has 0 spiro atoms. The molecule has 0 N–H and O–H groups in total. The minimum atomic E-state index is -0.0970. The van der Waals surface area contributed by atoms with Gasteiger partial charge in [0.05, 0.1) is 5.52 Å². The second kappa shape index (κ2) is 6.27. The number of aromatic nitrogens is 2. The Kier molecular flexibility index (Phi) is 4.31.